The summed E-state index contributed by atoms with van der Waals surface area (Å²) in [6, 6.07) is 13.7. The monoisotopic (exact) mass is 338 g/mol. The maximum atomic E-state index is 11.8. The first-order chi connectivity index (χ1) is 12.0. The third-order valence-electron chi connectivity index (χ3n) is 4.15. The Labute approximate surface area is 144 Å². The highest BCUT2D eigenvalue weighted by atomic mass is 16.5. The van der Waals surface area contributed by atoms with E-state index in [2.05, 4.69) is 0 Å². The van der Waals surface area contributed by atoms with Crippen molar-refractivity contribution < 1.29 is 19.1 Å². The van der Waals surface area contributed by atoms with Crippen molar-refractivity contribution in [1.29, 1.82) is 0 Å². The first-order valence-corrected chi connectivity index (χ1v) is 8.02. The number of benzene rings is 2. The van der Waals surface area contributed by atoms with E-state index in [9.17, 15) is 14.7 Å². The SMILES string of the molecule is CCc1cc(=O)oc2c(C)c(O[C@H](C(=O)O)c3ccccc3)ccc12. The highest BCUT2D eigenvalue weighted by molar-refractivity contribution is 5.85. The summed E-state index contributed by atoms with van der Waals surface area (Å²) >= 11 is 0. The largest absolute Gasteiger partial charge is 0.478 e. The lowest BCUT2D eigenvalue weighted by Crippen LogP contribution is -2.18. The zero-order valence-corrected chi connectivity index (χ0v) is 14.0. The van der Waals surface area contributed by atoms with Gasteiger partial charge in [0.25, 0.3) is 0 Å². The Morgan fingerprint density at radius 3 is 2.56 bits per heavy atom. The summed E-state index contributed by atoms with van der Waals surface area (Å²) in [6.07, 6.45) is -0.442. The molecule has 0 saturated heterocycles. The molecule has 0 spiro atoms. The Bertz CT molecular complexity index is 973. The van der Waals surface area contributed by atoms with Crippen LogP contribution in [0.25, 0.3) is 11.0 Å². The van der Waals surface area contributed by atoms with Crippen LogP contribution in [0.1, 0.15) is 29.7 Å². The molecule has 128 valence electrons. The van der Waals surface area contributed by atoms with Crippen LogP contribution in [0, 0.1) is 6.92 Å². The van der Waals surface area contributed by atoms with Crippen LogP contribution in [0.15, 0.2) is 57.7 Å². The minimum atomic E-state index is -1.14. The minimum absolute atomic E-state index is 0.375. The van der Waals surface area contributed by atoms with Gasteiger partial charge in [-0.05, 0) is 31.0 Å². The second kappa shape index (κ2) is 6.81. The molecule has 0 aliphatic rings. The van der Waals surface area contributed by atoms with E-state index >= 15 is 0 Å². The molecular formula is C20H18O5. The van der Waals surface area contributed by atoms with Gasteiger partial charge in [0, 0.05) is 22.6 Å². The van der Waals surface area contributed by atoms with Gasteiger partial charge < -0.3 is 14.3 Å². The first-order valence-electron chi connectivity index (χ1n) is 8.02. The van der Waals surface area contributed by atoms with Crippen LogP contribution >= 0.6 is 0 Å². The Kier molecular flexibility index (Phi) is 4.57. The molecule has 3 rings (SSSR count). The summed E-state index contributed by atoms with van der Waals surface area (Å²) in [5.41, 5.74) is 2.03. The lowest BCUT2D eigenvalue weighted by Gasteiger charge is -2.18. The molecule has 0 saturated carbocycles. The van der Waals surface area contributed by atoms with Crippen LogP contribution < -0.4 is 10.4 Å². The van der Waals surface area contributed by atoms with Gasteiger partial charge in [-0.2, -0.15) is 0 Å². The summed E-state index contributed by atoms with van der Waals surface area (Å²) in [4.78, 5) is 23.4. The maximum Gasteiger partial charge on any atom is 0.349 e. The fourth-order valence-corrected chi connectivity index (χ4v) is 2.84. The molecule has 0 fully saturated rings. The summed E-state index contributed by atoms with van der Waals surface area (Å²) in [5.74, 6) is -0.713. The topological polar surface area (TPSA) is 76.7 Å². The highest BCUT2D eigenvalue weighted by Gasteiger charge is 2.23. The highest BCUT2D eigenvalue weighted by Crippen LogP contribution is 2.31. The van der Waals surface area contributed by atoms with E-state index in [1.807, 2.05) is 13.0 Å². The Balaban J connectivity index is 2.08. The first kappa shape index (κ1) is 16.8. The molecule has 3 aromatic rings. The van der Waals surface area contributed by atoms with Crippen LogP contribution in [0.2, 0.25) is 0 Å². The van der Waals surface area contributed by atoms with Crippen LogP contribution in [0.5, 0.6) is 5.75 Å². The van der Waals surface area contributed by atoms with Gasteiger partial charge in [0.05, 0.1) is 0 Å². The van der Waals surface area contributed by atoms with Gasteiger partial charge in [0.2, 0.25) is 6.10 Å². The molecule has 5 heteroatoms. The molecule has 0 bridgehead atoms. The number of hydrogen-bond donors (Lipinski definition) is 1. The molecule has 0 unspecified atom stereocenters. The summed E-state index contributed by atoms with van der Waals surface area (Å²) in [6.45, 7) is 3.72. The van der Waals surface area contributed by atoms with Crippen molar-refractivity contribution in [3.05, 3.63) is 75.6 Å². The smallest absolute Gasteiger partial charge is 0.349 e. The fourth-order valence-electron chi connectivity index (χ4n) is 2.84. The number of carboxylic acids is 1. The quantitative estimate of drug-likeness (QED) is 0.715. The number of fused-ring (bicyclic) bond motifs is 1. The maximum absolute atomic E-state index is 11.8. The molecule has 2 aromatic carbocycles. The van der Waals surface area contributed by atoms with E-state index in [1.165, 1.54) is 6.07 Å². The van der Waals surface area contributed by atoms with Gasteiger partial charge in [-0.3, -0.25) is 0 Å². The normalized spacial score (nSPS) is 12.1. The predicted molar refractivity (Wildman–Crippen MR) is 94.0 cm³/mol. The van der Waals surface area contributed by atoms with Gasteiger partial charge in [-0.15, -0.1) is 0 Å². The number of carbonyl (C=O) groups is 1. The number of ether oxygens (including phenoxy) is 1. The summed E-state index contributed by atoms with van der Waals surface area (Å²) in [5, 5.41) is 10.4. The summed E-state index contributed by atoms with van der Waals surface area (Å²) < 4.78 is 11.1. The number of carboxylic acid groups (broad SMARTS) is 1. The molecular weight excluding hydrogens is 320 g/mol. The Hall–Kier alpha value is -3.08. The van der Waals surface area contributed by atoms with Gasteiger partial charge in [0.1, 0.15) is 11.3 Å². The van der Waals surface area contributed by atoms with Gasteiger partial charge in [-0.1, -0.05) is 37.3 Å². The van der Waals surface area contributed by atoms with E-state index in [-0.39, 0.29) is 0 Å². The molecule has 0 aliphatic heterocycles. The minimum Gasteiger partial charge on any atom is -0.478 e. The van der Waals surface area contributed by atoms with Crippen LogP contribution in [-0.2, 0) is 11.2 Å². The molecule has 0 amide bonds. The number of aliphatic carboxylic acids is 1. The van der Waals surface area contributed by atoms with Crippen molar-refractivity contribution >= 4 is 16.9 Å². The van der Waals surface area contributed by atoms with Crippen molar-refractivity contribution in [3.63, 3.8) is 0 Å². The van der Waals surface area contributed by atoms with Gasteiger partial charge >= 0.3 is 11.6 Å². The molecule has 5 nitrogen and oxygen atoms in total. The van der Waals surface area contributed by atoms with Crippen LogP contribution in [0.3, 0.4) is 0 Å². The van der Waals surface area contributed by atoms with Crippen molar-refractivity contribution in [2.24, 2.45) is 0 Å². The van der Waals surface area contributed by atoms with Gasteiger partial charge in [-0.25, -0.2) is 9.59 Å². The third kappa shape index (κ3) is 3.26. The number of aryl methyl sites for hydroxylation is 2. The van der Waals surface area contributed by atoms with Crippen LogP contribution in [-0.4, -0.2) is 11.1 Å². The van der Waals surface area contributed by atoms with E-state index in [0.29, 0.717) is 28.9 Å². The van der Waals surface area contributed by atoms with Crippen molar-refractivity contribution in [1.82, 2.24) is 0 Å². The predicted octanol–water partition coefficient (Wildman–Crippen LogP) is 3.87. The summed E-state index contributed by atoms with van der Waals surface area (Å²) in [7, 11) is 0. The zero-order chi connectivity index (χ0) is 18.0. The Morgan fingerprint density at radius 2 is 1.92 bits per heavy atom. The average Bonchev–Trinajstić information content (AvgIpc) is 2.61. The van der Waals surface area contributed by atoms with E-state index in [0.717, 1.165) is 10.9 Å². The second-order valence-corrected chi connectivity index (χ2v) is 5.76. The molecule has 0 aliphatic carbocycles. The lowest BCUT2D eigenvalue weighted by atomic mass is 10.0. The van der Waals surface area contributed by atoms with Gasteiger partial charge in [0.15, 0.2) is 0 Å². The Morgan fingerprint density at radius 1 is 1.20 bits per heavy atom. The molecule has 1 aromatic heterocycles. The molecule has 0 radical (unpaired) electrons. The molecule has 1 heterocycles. The van der Waals surface area contributed by atoms with Crippen molar-refractivity contribution in [2.45, 2.75) is 26.4 Å². The average molecular weight is 338 g/mol. The zero-order valence-electron chi connectivity index (χ0n) is 14.0. The lowest BCUT2D eigenvalue weighted by molar-refractivity contribution is -0.145. The third-order valence-corrected chi connectivity index (χ3v) is 4.15. The van der Waals surface area contributed by atoms with E-state index in [4.69, 9.17) is 9.15 Å². The second-order valence-electron chi connectivity index (χ2n) is 5.76. The number of rotatable bonds is 5. The van der Waals surface area contributed by atoms with Crippen LogP contribution in [0.4, 0.5) is 0 Å². The number of hydrogen-bond acceptors (Lipinski definition) is 4. The van der Waals surface area contributed by atoms with Crippen molar-refractivity contribution in [2.75, 3.05) is 0 Å². The molecule has 1 atom stereocenters. The van der Waals surface area contributed by atoms with E-state index in [1.54, 1.807) is 43.3 Å². The van der Waals surface area contributed by atoms with Crippen molar-refractivity contribution in [3.8, 4) is 5.75 Å². The standard InChI is InChI=1S/C20H18O5/c1-3-13-11-17(21)25-18-12(2)16(10-9-15(13)18)24-19(20(22)23)14-7-5-4-6-8-14/h4-11,19H,3H2,1-2H3,(H,22,23)/t19-/m0/s1. The molecule has 25 heavy (non-hydrogen) atoms. The molecule has 1 N–H and O–H groups in total. The fraction of sp³-hybridized carbons (Fsp3) is 0.200. The van der Waals surface area contributed by atoms with E-state index < -0.39 is 17.7 Å².